The van der Waals surface area contributed by atoms with E-state index in [0.717, 1.165) is 5.39 Å². The molecule has 1 N–H and O–H groups in total. The molecule has 0 unspecified atom stereocenters. The number of aryl methyl sites for hydroxylation is 1. The Bertz CT molecular complexity index is 498. The van der Waals surface area contributed by atoms with Gasteiger partial charge < -0.3 is 5.11 Å². The molecule has 0 heterocycles. The fourth-order valence-corrected chi connectivity index (χ4v) is 2.28. The van der Waals surface area contributed by atoms with E-state index in [9.17, 15) is 5.11 Å². The SMILES string of the molecule is Cc1cc(O)c2ccccc2c1C(C)C. The Morgan fingerprint density at radius 3 is 2.27 bits per heavy atom. The lowest BCUT2D eigenvalue weighted by atomic mass is 9.91. The van der Waals surface area contributed by atoms with E-state index >= 15 is 0 Å². The van der Waals surface area contributed by atoms with Gasteiger partial charge in [0.2, 0.25) is 0 Å². The van der Waals surface area contributed by atoms with Crippen LogP contribution in [-0.2, 0) is 0 Å². The molecule has 0 aliphatic rings. The summed E-state index contributed by atoms with van der Waals surface area (Å²) in [6.07, 6.45) is 0. The molecule has 0 atom stereocenters. The molecule has 78 valence electrons. The van der Waals surface area contributed by atoms with Gasteiger partial charge in [0.15, 0.2) is 0 Å². The van der Waals surface area contributed by atoms with Crippen LogP contribution in [0.2, 0.25) is 0 Å². The molecule has 0 amide bonds. The van der Waals surface area contributed by atoms with Crippen LogP contribution in [0.25, 0.3) is 10.8 Å². The summed E-state index contributed by atoms with van der Waals surface area (Å²) in [7, 11) is 0. The van der Waals surface area contributed by atoms with Crippen molar-refractivity contribution in [2.45, 2.75) is 26.7 Å². The molecule has 1 nitrogen and oxygen atoms in total. The van der Waals surface area contributed by atoms with Crippen molar-refractivity contribution < 1.29 is 5.11 Å². The van der Waals surface area contributed by atoms with Crippen molar-refractivity contribution in [2.75, 3.05) is 0 Å². The number of fused-ring (bicyclic) bond motifs is 1. The molecule has 0 fully saturated rings. The number of phenolic OH excluding ortho intramolecular Hbond substituents is 1. The number of phenols is 1. The molecular weight excluding hydrogens is 184 g/mol. The second-order valence-electron chi connectivity index (χ2n) is 4.33. The Balaban J connectivity index is 2.90. The van der Waals surface area contributed by atoms with Crippen LogP contribution in [0.3, 0.4) is 0 Å². The van der Waals surface area contributed by atoms with E-state index in [1.807, 2.05) is 24.3 Å². The molecule has 0 spiro atoms. The summed E-state index contributed by atoms with van der Waals surface area (Å²) in [4.78, 5) is 0. The zero-order valence-electron chi connectivity index (χ0n) is 9.41. The summed E-state index contributed by atoms with van der Waals surface area (Å²) in [6.45, 7) is 6.43. The van der Waals surface area contributed by atoms with Gasteiger partial charge in [0.05, 0.1) is 0 Å². The highest BCUT2D eigenvalue weighted by atomic mass is 16.3. The van der Waals surface area contributed by atoms with Crippen molar-refractivity contribution in [1.82, 2.24) is 0 Å². The standard InChI is InChI=1S/C14H16O/c1-9(2)14-10(3)8-13(15)11-6-4-5-7-12(11)14/h4-9,15H,1-3H3. The van der Waals surface area contributed by atoms with Gasteiger partial charge in [0, 0.05) is 5.39 Å². The van der Waals surface area contributed by atoms with Gasteiger partial charge in [0.25, 0.3) is 0 Å². The van der Waals surface area contributed by atoms with Crippen molar-refractivity contribution in [3.8, 4) is 5.75 Å². The lowest BCUT2D eigenvalue weighted by Crippen LogP contribution is -1.94. The molecule has 0 saturated carbocycles. The van der Waals surface area contributed by atoms with Crippen LogP contribution in [0.5, 0.6) is 5.75 Å². The lowest BCUT2D eigenvalue weighted by molar-refractivity contribution is 0.481. The van der Waals surface area contributed by atoms with Crippen molar-refractivity contribution >= 4 is 10.8 Å². The molecule has 2 aromatic rings. The number of rotatable bonds is 1. The van der Waals surface area contributed by atoms with Gasteiger partial charge in [-0.25, -0.2) is 0 Å². The third-order valence-electron chi connectivity index (χ3n) is 2.85. The molecule has 2 aromatic carbocycles. The largest absolute Gasteiger partial charge is 0.507 e. The van der Waals surface area contributed by atoms with Gasteiger partial charge >= 0.3 is 0 Å². The van der Waals surface area contributed by atoms with Gasteiger partial charge in [-0.3, -0.25) is 0 Å². The molecule has 0 bridgehead atoms. The van der Waals surface area contributed by atoms with E-state index in [1.54, 1.807) is 0 Å². The molecule has 0 aromatic heterocycles. The van der Waals surface area contributed by atoms with Gasteiger partial charge in [0.1, 0.15) is 5.75 Å². The van der Waals surface area contributed by atoms with E-state index in [-0.39, 0.29) is 0 Å². The highest BCUT2D eigenvalue weighted by Crippen LogP contribution is 2.34. The second kappa shape index (κ2) is 3.58. The van der Waals surface area contributed by atoms with Crippen molar-refractivity contribution in [3.63, 3.8) is 0 Å². The molecule has 15 heavy (non-hydrogen) atoms. The van der Waals surface area contributed by atoms with Crippen LogP contribution in [0.4, 0.5) is 0 Å². The molecule has 0 radical (unpaired) electrons. The van der Waals surface area contributed by atoms with E-state index in [1.165, 1.54) is 16.5 Å². The number of benzene rings is 2. The Hall–Kier alpha value is -1.50. The first-order chi connectivity index (χ1) is 7.11. The molecule has 0 saturated heterocycles. The van der Waals surface area contributed by atoms with Crippen LogP contribution in [-0.4, -0.2) is 5.11 Å². The van der Waals surface area contributed by atoms with E-state index < -0.39 is 0 Å². The average Bonchev–Trinajstić information content (AvgIpc) is 2.17. The second-order valence-corrected chi connectivity index (χ2v) is 4.33. The van der Waals surface area contributed by atoms with Crippen molar-refractivity contribution in [1.29, 1.82) is 0 Å². The van der Waals surface area contributed by atoms with Crippen molar-refractivity contribution in [3.05, 3.63) is 41.5 Å². The van der Waals surface area contributed by atoms with Gasteiger partial charge in [-0.1, -0.05) is 38.1 Å². The topological polar surface area (TPSA) is 20.2 Å². The maximum Gasteiger partial charge on any atom is 0.123 e. The summed E-state index contributed by atoms with van der Waals surface area (Å²) >= 11 is 0. The van der Waals surface area contributed by atoms with Crippen molar-refractivity contribution in [2.24, 2.45) is 0 Å². The Labute approximate surface area is 90.4 Å². The quantitative estimate of drug-likeness (QED) is 0.738. The summed E-state index contributed by atoms with van der Waals surface area (Å²) in [5.74, 6) is 0.864. The molecule has 0 aliphatic carbocycles. The fourth-order valence-electron chi connectivity index (χ4n) is 2.28. The first-order valence-electron chi connectivity index (χ1n) is 5.32. The number of hydrogen-bond acceptors (Lipinski definition) is 1. The van der Waals surface area contributed by atoms with Gasteiger partial charge in [-0.15, -0.1) is 0 Å². The minimum Gasteiger partial charge on any atom is -0.507 e. The minimum atomic E-state index is 0.382. The molecular formula is C14H16O. The first-order valence-corrected chi connectivity index (χ1v) is 5.32. The normalized spacial score (nSPS) is 11.2. The Morgan fingerprint density at radius 1 is 1.07 bits per heavy atom. The molecule has 0 aliphatic heterocycles. The lowest BCUT2D eigenvalue weighted by Gasteiger charge is -2.14. The maximum atomic E-state index is 9.86. The van der Waals surface area contributed by atoms with E-state index in [2.05, 4.69) is 26.8 Å². The number of aromatic hydroxyl groups is 1. The monoisotopic (exact) mass is 200 g/mol. The Morgan fingerprint density at radius 2 is 1.67 bits per heavy atom. The summed E-state index contributed by atoms with van der Waals surface area (Å²) in [5, 5.41) is 12.0. The highest BCUT2D eigenvalue weighted by Gasteiger charge is 2.11. The summed E-state index contributed by atoms with van der Waals surface area (Å²) in [6, 6.07) is 9.89. The van der Waals surface area contributed by atoms with Crippen LogP contribution >= 0.6 is 0 Å². The summed E-state index contributed by atoms with van der Waals surface area (Å²) < 4.78 is 0. The zero-order chi connectivity index (χ0) is 11.0. The van der Waals surface area contributed by atoms with Crippen LogP contribution < -0.4 is 0 Å². The highest BCUT2D eigenvalue weighted by molar-refractivity contribution is 5.92. The number of hydrogen-bond donors (Lipinski definition) is 1. The molecule has 1 heteroatoms. The van der Waals surface area contributed by atoms with E-state index in [0.29, 0.717) is 11.7 Å². The van der Waals surface area contributed by atoms with E-state index in [4.69, 9.17) is 0 Å². The summed E-state index contributed by atoms with van der Waals surface area (Å²) in [5.41, 5.74) is 2.50. The minimum absolute atomic E-state index is 0.382. The zero-order valence-corrected chi connectivity index (χ0v) is 9.41. The average molecular weight is 200 g/mol. The predicted molar refractivity (Wildman–Crippen MR) is 64.4 cm³/mol. The van der Waals surface area contributed by atoms with Crippen LogP contribution in [0, 0.1) is 6.92 Å². The van der Waals surface area contributed by atoms with Crippen LogP contribution in [0.1, 0.15) is 30.9 Å². The third-order valence-corrected chi connectivity index (χ3v) is 2.85. The first kappa shape index (κ1) is 10.0. The Kier molecular flexibility index (Phi) is 2.39. The molecule has 2 rings (SSSR count). The van der Waals surface area contributed by atoms with Crippen LogP contribution in [0.15, 0.2) is 30.3 Å². The van der Waals surface area contributed by atoms with Gasteiger partial charge in [-0.2, -0.15) is 0 Å². The smallest absolute Gasteiger partial charge is 0.123 e. The fraction of sp³-hybridized carbons (Fsp3) is 0.286. The predicted octanol–water partition coefficient (Wildman–Crippen LogP) is 3.98. The third kappa shape index (κ3) is 1.58. The maximum absolute atomic E-state index is 9.86. The van der Waals surface area contributed by atoms with Gasteiger partial charge in [-0.05, 0) is 35.4 Å².